The molecule has 5 nitrogen and oxygen atoms in total. The molecule has 0 aliphatic heterocycles. The SMILES string of the molecule is CCNC(=NCC(C)c1ccc(C)cc1)NCCCCC(=O)OC.I. The van der Waals surface area contributed by atoms with Crippen molar-refractivity contribution in [3.63, 3.8) is 0 Å². The summed E-state index contributed by atoms with van der Waals surface area (Å²) in [4.78, 5) is 15.7. The third-order valence-corrected chi connectivity index (χ3v) is 3.84. The first-order valence-corrected chi connectivity index (χ1v) is 8.72. The maximum absolute atomic E-state index is 11.1. The first-order chi connectivity index (χ1) is 11.6. The van der Waals surface area contributed by atoms with Crippen LogP contribution in [0, 0.1) is 6.92 Å². The standard InChI is InChI=1S/C19H31N3O2.HI/c1-5-20-19(21-13-7-6-8-18(23)24-4)22-14-16(3)17-11-9-15(2)10-12-17;/h9-12,16H,5-8,13-14H2,1-4H3,(H2,20,21,22);1H. The molecule has 0 saturated carbocycles. The highest BCUT2D eigenvalue weighted by molar-refractivity contribution is 14.0. The largest absolute Gasteiger partial charge is 0.469 e. The summed E-state index contributed by atoms with van der Waals surface area (Å²) in [6, 6.07) is 8.62. The number of nitrogens with zero attached hydrogens (tertiary/aromatic N) is 1. The van der Waals surface area contributed by atoms with Gasteiger partial charge in [-0.1, -0.05) is 36.8 Å². The Labute approximate surface area is 169 Å². The molecule has 1 aromatic rings. The molecule has 0 amide bonds. The lowest BCUT2D eigenvalue weighted by Gasteiger charge is -2.14. The fraction of sp³-hybridized carbons (Fsp3) is 0.579. The van der Waals surface area contributed by atoms with Crippen molar-refractivity contribution in [1.82, 2.24) is 10.6 Å². The number of rotatable bonds is 9. The second-order valence-electron chi connectivity index (χ2n) is 5.99. The van der Waals surface area contributed by atoms with Gasteiger partial charge >= 0.3 is 5.97 Å². The highest BCUT2D eigenvalue weighted by Gasteiger charge is 2.06. The van der Waals surface area contributed by atoms with Gasteiger partial charge in [0.2, 0.25) is 0 Å². The Hall–Kier alpha value is -1.31. The Balaban J connectivity index is 0.00000576. The molecule has 0 bridgehead atoms. The summed E-state index contributed by atoms with van der Waals surface area (Å²) >= 11 is 0. The zero-order valence-electron chi connectivity index (χ0n) is 15.8. The molecule has 0 aromatic heterocycles. The molecule has 0 spiro atoms. The van der Waals surface area contributed by atoms with Gasteiger partial charge in [-0.2, -0.15) is 0 Å². The zero-order valence-corrected chi connectivity index (χ0v) is 18.1. The van der Waals surface area contributed by atoms with Crippen LogP contribution in [0.3, 0.4) is 0 Å². The molecule has 1 unspecified atom stereocenters. The highest BCUT2D eigenvalue weighted by Crippen LogP contribution is 2.15. The summed E-state index contributed by atoms with van der Waals surface area (Å²) in [5.41, 5.74) is 2.58. The van der Waals surface area contributed by atoms with E-state index in [1.165, 1.54) is 18.2 Å². The monoisotopic (exact) mass is 461 g/mol. The first kappa shape index (κ1) is 23.7. The van der Waals surface area contributed by atoms with E-state index in [1.54, 1.807) is 0 Å². The molecule has 1 aromatic carbocycles. The third kappa shape index (κ3) is 10.3. The summed E-state index contributed by atoms with van der Waals surface area (Å²) in [5, 5.41) is 6.57. The number of methoxy groups -OCH3 is 1. The van der Waals surface area contributed by atoms with Gasteiger partial charge in [0.15, 0.2) is 5.96 Å². The summed E-state index contributed by atoms with van der Waals surface area (Å²) in [6.45, 7) is 8.70. The fourth-order valence-corrected chi connectivity index (χ4v) is 2.27. The quantitative estimate of drug-likeness (QED) is 0.194. The molecule has 0 radical (unpaired) electrons. The van der Waals surface area contributed by atoms with E-state index in [0.717, 1.165) is 38.4 Å². The third-order valence-electron chi connectivity index (χ3n) is 3.84. The van der Waals surface area contributed by atoms with Crippen molar-refractivity contribution in [1.29, 1.82) is 0 Å². The average Bonchev–Trinajstić information content (AvgIpc) is 2.59. The van der Waals surface area contributed by atoms with Crippen LogP contribution in [0.1, 0.15) is 50.2 Å². The normalized spacial score (nSPS) is 12.1. The van der Waals surface area contributed by atoms with Crippen molar-refractivity contribution >= 4 is 35.9 Å². The van der Waals surface area contributed by atoms with Gasteiger partial charge in [0.05, 0.1) is 7.11 Å². The highest BCUT2D eigenvalue weighted by atomic mass is 127. The molecular weight excluding hydrogens is 429 g/mol. The van der Waals surface area contributed by atoms with Crippen LogP contribution in [-0.4, -0.2) is 38.7 Å². The van der Waals surface area contributed by atoms with E-state index in [1.807, 2.05) is 0 Å². The molecule has 25 heavy (non-hydrogen) atoms. The number of aliphatic imine (C=N–C) groups is 1. The van der Waals surface area contributed by atoms with Crippen molar-refractivity contribution in [3.8, 4) is 0 Å². The average molecular weight is 461 g/mol. The van der Waals surface area contributed by atoms with E-state index in [0.29, 0.717) is 12.3 Å². The minimum absolute atomic E-state index is 0. The number of ether oxygens (including phenoxy) is 1. The number of hydrogen-bond acceptors (Lipinski definition) is 3. The summed E-state index contributed by atoms with van der Waals surface area (Å²) < 4.78 is 4.64. The maximum atomic E-state index is 11.1. The molecule has 0 fully saturated rings. The van der Waals surface area contributed by atoms with Crippen LogP contribution in [0.25, 0.3) is 0 Å². The van der Waals surface area contributed by atoms with Crippen LogP contribution in [0.5, 0.6) is 0 Å². The zero-order chi connectivity index (χ0) is 17.8. The topological polar surface area (TPSA) is 62.7 Å². The van der Waals surface area contributed by atoms with Gasteiger partial charge in [0.25, 0.3) is 0 Å². The van der Waals surface area contributed by atoms with Crippen LogP contribution in [0.4, 0.5) is 0 Å². The Morgan fingerprint density at radius 3 is 2.48 bits per heavy atom. The molecule has 6 heteroatoms. The molecule has 0 heterocycles. The lowest BCUT2D eigenvalue weighted by atomic mass is 10.0. The van der Waals surface area contributed by atoms with Gasteiger partial charge in [-0.05, 0) is 32.3 Å². The minimum atomic E-state index is -0.150. The van der Waals surface area contributed by atoms with Gasteiger partial charge < -0.3 is 15.4 Å². The number of guanidine groups is 1. The lowest BCUT2D eigenvalue weighted by molar-refractivity contribution is -0.140. The van der Waals surface area contributed by atoms with Crippen molar-refractivity contribution in [2.45, 2.75) is 46.0 Å². The molecule has 2 N–H and O–H groups in total. The van der Waals surface area contributed by atoms with E-state index in [2.05, 4.69) is 65.4 Å². The van der Waals surface area contributed by atoms with Crippen LogP contribution < -0.4 is 10.6 Å². The molecule has 0 aliphatic rings. The second-order valence-corrected chi connectivity index (χ2v) is 5.99. The van der Waals surface area contributed by atoms with Crippen molar-refractivity contribution < 1.29 is 9.53 Å². The maximum Gasteiger partial charge on any atom is 0.305 e. The van der Waals surface area contributed by atoms with E-state index >= 15 is 0 Å². The van der Waals surface area contributed by atoms with Gasteiger partial charge in [-0.15, -0.1) is 24.0 Å². The van der Waals surface area contributed by atoms with E-state index in [9.17, 15) is 4.79 Å². The molecule has 1 atom stereocenters. The number of halogens is 1. The summed E-state index contributed by atoms with van der Waals surface area (Å²) in [6.07, 6.45) is 2.20. The number of carbonyl (C=O) groups excluding carboxylic acids is 1. The number of carbonyl (C=O) groups is 1. The number of nitrogens with one attached hydrogen (secondary N) is 2. The molecule has 142 valence electrons. The molecular formula is C19H32IN3O2. The first-order valence-electron chi connectivity index (χ1n) is 8.72. The van der Waals surface area contributed by atoms with Crippen LogP contribution in [0.2, 0.25) is 0 Å². The minimum Gasteiger partial charge on any atom is -0.469 e. The summed E-state index contributed by atoms with van der Waals surface area (Å²) in [5.74, 6) is 1.05. The van der Waals surface area contributed by atoms with E-state index in [4.69, 9.17) is 0 Å². The van der Waals surface area contributed by atoms with Gasteiger partial charge in [0, 0.05) is 32.0 Å². The Morgan fingerprint density at radius 2 is 1.88 bits per heavy atom. The molecule has 0 saturated heterocycles. The van der Waals surface area contributed by atoms with Gasteiger partial charge in [-0.25, -0.2) is 0 Å². The van der Waals surface area contributed by atoms with Crippen LogP contribution >= 0.6 is 24.0 Å². The molecule has 0 aliphatic carbocycles. The number of benzene rings is 1. The van der Waals surface area contributed by atoms with E-state index < -0.39 is 0 Å². The van der Waals surface area contributed by atoms with Gasteiger partial charge in [-0.3, -0.25) is 9.79 Å². The van der Waals surface area contributed by atoms with Crippen LogP contribution in [-0.2, 0) is 9.53 Å². The summed E-state index contributed by atoms with van der Waals surface area (Å²) in [7, 11) is 1.42. The number of aryl methyl sites for hydroxylation is 1. The van der Waals surface area contributed by atoms with Gasteiger partial charge in [0.1, 0.15) is 0 Å². The molecule has 1 rings (SSSR count). The fourth-order valence-electron chi connectivity index (χ4n) is 2.27. The predicted octanol–water partition coefficient (Wildman–Crippen LogP) is 3.61. The number of esters is 1. The van der Waals surface area contributed by atoms with Crippen molar-refractivity contribution in [3.05, 3.63) is 35.4 Å². The lowest BCUT2D eigenvalue weighted by Crippen LogP contribution is -2.38. The van der Waals surface area contributed by atoms with Crippen molar-refractivity contribution in [2.24, 2.45) is 4.99 Å². The Bertz CT molecular complexity index is 518. The number of hydrogen-bond donors (Lipinski definition) is 2. The van der Waals surface area contributed by atoms with Crippen molar-refractivity contribution in [2.75, 3.05) is 26.7 Å². The smallest absolute Gasteiger partial charge is 0.305 e. The predicted molar refractivity (Wildman–Crippen MR) is 115 cm³/mol. The Morgan fingerprint density at radius 1 is 1.20 bits per heavy atom. The number of unbranched alkanes of at least 4 members (excludes halogenated alkanes) is 1. The van der Waals surface area contributed by atoms with Crippen LogP contribution in [0.15, 0.2) is 29.3 Å². The van der Waals surface area contributed by atoms with E-state index in [-0.39, 0.29) is 29.9 Å². The second kappa shape index (κ2) is 13.9. The Kier molecular flexibility index (Phi) is 13.2.